The van der Waals surface area contributed by atoms with Crippen molar-refractivity contribution in [1.29, 1.82) is 5.26 Å². The van der Waals surface area contributed by atoms with Gasteiger partial charge in [-0.05, 0) is 37.7 Å². The first kappa shape index (κ1) is 25.9. The van der Waals surface area contributed by atoms with Crippen molar-refractivity contribution in [3.63, 3.8) is 0 Å². The predicted molar refractivity (Wildman–Crippen MR) is 137 cm³/mol. The SMILES string of the molecule is COCCN(C)CC(=O)Nc1ccc(Nc2nccc(-c3cnc(N4CCC(F)C4)c(C#N)c3)n2)cn1. The number of aromatic nitrogens is 4. The van der Waals surface area contributed by atoms with Gasteiger partial charge in [0.1, 0.15) is 23.9 Å². The van der Waals surface area contributed by atoms with Crippen LogP contribution in [0.4, 0.5) is 27.7 Å². The quantitative estimate of drug-likeness (QED) is 0.424. The lowest BCUT2D eigenvalue weighted by molar-refractivity contribution is -0.117. The Labute approximate surface area is 214 Å². The van der Waals surface area contributed by atoms with Crippen LogP contribution in [0.3, 0.4) is 0 Å². The second-order valence-electron chi connectivity index (χ2n) is 8.64. The lowest BCUT2D eigenvalue weighted by Crippen LogP contribution is -2.32. The van der Waals surface area contributed by atoms with Gasteiger partial charge < -0.3 is 20.3 Å². The molecule has 0 saturated carbocycles. The van der Waals surface area contributed by atoms with Gasteiger partial charge in [0.25, 0.3) is 0 Å². The molecule has 1 fully saturated rings. The maximum atomic E-state index is 13.6. The molecule has 3 aromatic heterocycles. The van der Waals surface area contributed by atoms with E-state index in [4.69, 9.17) is 4.74 Å². The molecule has 1 aliphatic heterocycles. The molecule has 192 valence electrons. The number of carbonyl (C=O) groups excluding carboxylic acids is 1. The molecule has 11 nitrogen and oxygen atoms in total. The van der Waals surface area contributed by atoms with Crippen LogP contribution in [0.2, 0.25) is 0 Å². The number of nitrogens with one attached hydrogen (secondary N) is 2. The Balaban J connectivity index is 1.40. The van der Waals surface area contributed by atoms with Crippen molar-refractivity contribution in [2.45, 2.75) is 12.6 Å². The molecule has 1 aliphatic rings. The second-order valence-corrected chi connectivity index (χ2v) is 8.64. The van der Waals surface area contributed by atoms with Crippen LogP contribution < -0.4 is 15.5 Å². The Morgan fingerprint density at radius 3 is 2.86 bits per heavy atom. The molecule has 0 aromatic carbocycles. The topological polar surface area (TPSA) is 132 Å². The number of nitriles is 1. The fraction of sp³-hybridized carbons (Fsp3) is 0.360. The highest BCUT2D eigenvalue weighted by Gasteiger charge is 2.25. The van der Waals surface area contributed by atoms with E-state index < -0.39 is 6.17 Å². The van der Waals surface area contributed by atoms with Crippen LogP contribution in [-0.4, -0.2) is 83.9 Å². The summed E-state index contributed by atoms with van der Waals surface area (Å²) in [5.41, 5.74) is 2.22. The highest BCUT2D eigenvalue weighted by Crippen LogP contribution is 2.27. The van der Waals surface area contributed by atoms with Crippen molar-refractivity contribution in [1.82, 2.24) is 24.8 Å². The average molecular weight is 506 g/mol. The Kier molecular flexibility index (Phi) is 8.50. The van der Waals surface area contributed by atoms with Crippen LogP contribution in [0, 0.1) is 11.3 Å². The van der Waals surface area contributed by atoms with E-state index in [9.17, 15) is 14.4 Å². The van der Waals surface area contributed by atoms with Gasteiger partial charge in [0.2, 0.25) is 11.9 Å². The van der Waals surface area contributed by atoms with Gasteiger partial charge in [-0.1, -0.05) is 0 Å². The van der Waals surface area contributed by atoms with Crippen molar-refractivity contribution in [3.05, 3.63) is 48.4 Å². The van der Waals surface area contributed by atoms with Crippen molar-refractivity contribution in [3.8, 4) is 17.3 Å². The Morgan fingerprint density at radius 2 is 2.16 bits per heavy atom. The number of hydrogen-bond donors (Lipinski definition) is 2. The largest absolute Gasteiger partial charge is 0.383 e. The molecule has 0 spiro atoms. The molecule has 1 saturated heterocycles. The summed E-state index contributed by atoms with van der Waals surface area (Å²) < 4.78 is 18.6. The third kappa shape index (κ3) is 6.93. The number of hydrogen-bond acceptors (Lipinski definition) is 10. The number of rotatable bonds is 10. The normalized spacial score (nSPS) is 15.0. The van der Waals surface area contributed by atoms with E-state index in [0.29, 0.717) is 66.2 Å². The number of nitrogens with zero attached hydrogens (tertiary/aromatic N) is 7. The molecule has 37 heavy (non-hydrogen) atoms. The molecule has 1 atom stereocenters. The zero-order valence-corrected chi connectivity index (χ0v) is 20.7. The lowest BCUT2D eigenvalue weighted by atomic mass is 10.1. The first-order chi connectivity index (χ1) is 17.9. The van der Waals surface area contributed by atoms with Gasteiger partial charge in [-0.25, -0.2) is 24.3 Å². The first-order valence-electron chi connectivity index (χ1n) is 11.8. The number of methoxy groups -OCH3 is 1. The summed E-state index contributed by atoms with van der Waals surface area (Å²) in [5, 5.41) is 15.5. The van der Waals surface area contributed by atoms with E-state index in [0.717, 1.165) is 0 Å². The summed E-state index contributed by atoms with van der Waals surface area (Å²) >= 11 is 0. The minimum atomic E-state index is -0.906. The summed E-state index contributed by atoms with van der Waals surface area (Å²) in [6.07, 6.45) is 4.32. The summed E-state index contributed by atoms with van der Waals surface area (Å²) in [6.45, 7) is 2.20. The molecule has 3 aromatic rings. The van der Waals surface area contributed by atoms with Gasteiger partial charge in [0.05, 0.1) is 42.8 Å². The van der Waals surface area contributed by atoms with Crippen LogP contribution in [-0.2, 0) is 9.53 Å². The van der Waals surface area contributed by atoms with Gasteiger partial charge in [-0.15, -0.1) is 0 Å². The van der Waals surface area contributed by atoms with Gasteiger partial charge in [0, 0.05) is 38.2 Å². The van der Waals surface area contributed by atoms with Crippen molar-refractivity contribution >= 4 is 29.2 Å². The zero-order chi connectivity index (χ0) is 26.2. The number of alkyl halides is 1. The van der Waals surface area contributed by atoms with E-state index >= 15 is 0 Å². The molecule has 12 heteroatoms. The third-order valence-corrected chi connectivity index (χ3v) is 5.75. The summed E-state index contributed by atoms with van der Waals surface area (Å²) in [4.78, 5) is 33.3. The fourth-order valence-corrected chi connectivity index (χ4v) is 3.85. The molecule has 4 rings (SSSR count). The molecule has 4 heterocycles. The van der Waals surface area contributed by atoms with E-state index in [-0.39, 0.29) is 19.0 Å². The molecular formula is C25H28FN9O2. The number of ether oxygens (including phenoxy) is 1. The number of anilines is 4. The minimum absolute atomic E-state index is 0.173. The van der Waals surface area contributed by atoms with Crippen LogP contribution in [0.1, 0.15) is 12.0 Å². The predicted octanol–water partition coefficient (Wildman–Crippen LogP) is 2.61. The molecular weight excluding hydrogens is 477 g/mol. The van der Waals surface area contributed by atoms with Gasteiger partial charge >= 0.3 is 0 Å². The van der Waals surface area contributed by atoms with E-state index in [1.807, 2.05) is 11.9 Å². The van der Waals surface area contributed by atoms with Crippen molar-refractivity contribution in [2.75, 3.05) is 62.5 Å². The smallest absolute Gasteiger partial charge is 0.239 e. The van der Waals surface area contributed by atoms with Crippen molar-refractivity contribution < 1.29 is 13.9 Å². The van der Waals surface area contributed by atoms with E-state index in [1.165, 1.54) is 0 Å². The number of amides is 1. The standard InChI is InChI=1S/C25H28FN9O2/c1-34(9-10-37-2)16-23(36)33-22-4-3-20(14-29-22)31-25-28-7-5-21(32-25)18-11-17(12-27)24(30-13-18)35-8-6-19(26)15-35/h3-5,7,11,13-14,19H,6,8-10,15-16H2,1-2H3,(H,28,31,32)(H,29,33,36). The van der Waals surface area contributed by atoms with Gasteiger partial charge in [0.15, 0.2) is 0 Å². The first-order valence-corrected chi connectivity index (χ1v) is 11.8. The molecule has 1 unspecified atom stereocenters. The minimum Gasteiger partial charge on any atom is -0.383 e. The van der Waals surface area contributed by atoms with Crippen LogP contribution in [0.5, 0.6) is 0 Å². The average Bonchev–Trinajstić information content (AvgIpc) is 3.34. The van der Waals surface area contributed by atoms with Gasteiger partial charge in [-0.3, -0.25) is 9.69 Å². The third-order valence-electron chi connectivity index (χ3n) is 5.75. The summed E-state index contributed by atoms with van der Waals surface area (Å²) in [6, 6.07) is 9.01. The Bertz CT molecular complexity index is 1270. The maximum Gasteiger partial charge on any atom is 0.239 e. The summed E-state index contributed by atoms with van der Waals surface area (Å²) in [5.74, 6) is 1.07. The van der Waals surface area contributed by atoms with Crippen LogP contribution in [0.15, 0.2) is 42.9 Å². The number of carbonyl (C=O) groups is 1. The van der Waals surface area contributed by atoms with Crippen molar-refractivity contribution in [2.24, 2.45) is 0 Å². The monoisotopic (exact) mass is 505 g/mol. The van der Waals surface area contributed by atoms with E-state index in [2.05, 4.69) is 36.6 Å². The second kappa shape index (κ2) is 12.2. The number of pyridine rings is 2. The summed E-state index contributed by atoms with van der Waals surface area (Å²) in [7, 11) is 3.46. The fourth-order valence-electron chi connectivity index (χ4n) is 3.85. The van der Waals surface area contributed by atoms with Gasteiger partial charge in [-0.2, -0.15) is 5.26 Å². The number of likely N-dealkylation sites (N-methyl/N-ethyl adjacent to an activating group) is 1. The molecule has 0 bridgehead atoms. The molecule has 0 radical (unpaired) electrons. The molecule has 0 aliphatic carbocycles. The molecule has 2 N–H and O–H groups in total. The van der Waals surface area contributed by atoms with Crippen LogP contribution >= 0.6 is 0 Å². The zero-order valence-electron chi connectivity index (χ0n) is 20.7. The molecule has 1 amide bonds. The number of halogens is 1. The van der Waals surface area contributed by atoms with E-state index in [1.54, 1.807) is 54.9 Å². The Hall–Kier alpha value is -4.21. The lowest BCUT2D eigenvalue weighted by Gasteiger charge is -2.18. The maximum absolute atomic E-state index is 13.6. The highest BCUT2D eigenvalue weighted by atomic mass is 19.1. The Morgan fingerprint density at radius 1 is 1.30 bits per heavy atom. The highest BCUT2D eigenvalue weighted by molar-refractivity contribution is 5.91. The van der Waals surface area contributed by atoms with Crippen LogP contribution in [0.25, 0.3) is 11.3 Å².